The standard InChI is InChI=1S/C95H67N5/c1-93(2)77-29-15-9-22-63(77)66-41-35-56(49-80(66)93)59-38-44-74-71-26-12-18-32-84(71)98(88(74)52-59)87-48-47-69(62-21-7-8-25-70(62)87)83-55-91(99-85-33-19-13-27-72(85)75-45-39-60(53-89(75)99)57-36-42-67-64-23-10-16-30-78(64)94(3,4)81(67)50-57)97-92(96-83)100-86-34-20-14-28-73(86)76-46-40-61(54-90(76)100)58-37-43-68-65-24-11-17-31-79(65)95(5,6)82(68)51-58/h7-55H,1-6H3. The summed E-state index contributed by atoms with van der Waals surface area (Å²) >= 11 is 0. The molecule has 0 bridgehead atoms. The molecule has 472 valence electrons. The summed E-state index contributed by atoms with van der Waals surface area (Å²) in [6, 6.07) is 111. The van der Waals surface area contributed by atoms with E-state index in [1.807, 2.05) is 0 Å². The van der Waals surface area contributed by atoms with Gasteiger partial charge in [0.1, 0.15) is 5.82 Å². The Kier molecular flexibility index (Phi) is 11.6. The maximum atomic E-state index is 5.92. The number of hydrogen-bond donors (Lipinski definition) is 0. The zero-order valence-corrected chi connectivity index (χ0v) is 56.5. The molecule has 14 aromatic carbocycles. The van der Waals surface area contributed by atoms with Gasteiger partial charge in [-0.15, -0.1) is 0 Å². The van der Waals surface area contributed by atoms with Crippen LogP contribution >= 0.6 is 0 Å². The number of para-hydroxylation sites is 3. The summed E-state index contributed by atoms with van der Waals surface area (Å²) < 4.78 is 7.22. The highest BCUT2D eigenvalue weighted by atomic mass is 15.2. The lowest BCUT2D eigenvalue weighted by molar-refractivity contribution is 0.660. The topological polar surface area (TPSA) is 40.6 Å². The molecule has 5 heteroatoms. The number of hydrogen-bond acceptors (Lipinski definition) is 2. The molecule has 0 spiro atoms. The SMILES string of the molecule is CC1(C)c2ccccc2-c2ccc(-c3ccc4c5ccccc5n(-c5cc(-c6ccc(-n7c8ccccc8c8ccc(-c9ccc%10c(c9)C(C)(C)c9ccccc9-%10)cc87)c7ccccc67)nc(-n6c7ccccc7c7ccc(-c8ccc9c(c8)C(C)(C)c8ccccc8-9)cc76)n5)c4c3)cc21. The van der Waals surface area contributed by atoms with Crippen LogP contribution < -0.4 is 0 Å². The summed E-state index contributed by atoms with van der Waals surface area (Å²) in [4.78, 5) is 11.8. The smallest absolute Gasteiger partial charge is 0.237 e. The van der Waals surface area contributed by atoms with E-state index in [4.69, 9.17) is 9.97 Å². The number of rotatable bonds is 7. The van der Waals surface area contributed by atoms with Crippen molar-refractivity contribution in [2.45, 2.75) is 57.8 Å². The molecule has 0 saturated carbocycles. The summed E-state index contributed by atoms with van der Waals surface area (Å²) in [6.45, 7) is 14.2. The fourth-order valence-corrected chi connectivity index (χ4v) is 18.3. The molecule has 18 aromatic rings. The number of nitrogens with zero attached hydrogens (tertiary/aromatic N) is 5. The van der Waals surface area contributed by atoms with Crippen molar-refractivity contribution in [2.75, 3.05) is 0 Å². The molecule has 21 rings (SSSR count). The maximum absolute atomic E-state index is 5.92. The van der Waals surface area contributed by atoms with Crippen LogP contribution in [-0.4, -0.2) is 23.7 Å². The molecule has 4 heterocycles. The van der Waals surface area contributed by atoms with Crippen molar-refractivity contribution >= 4 is 76.2 Å². The summed E-state index contributed by atoms with van der Waals surface area (Å²) in [5.41, 5.74) is 32.2. The van der Waals surface area contributed by atoms with Crippen LogP contribution in [0.4, 0.5) is 0 Å². The zero-order chi connectivity index (χ0) is 66.7. The monoisotopic (exact) mass is 1280 g/mol. The second-order valence-electron chi connectivity index (χ2n) is 29.6. The lowest BCUT2D eigenvalue weighted by Crippen LogP contribution is -2.14. The van der Waals surface area contributed by atoms with Crippen molar-refractivity contribution in [1.29, 1.82) is 0 Å². The Morgan fingerprint density at radius 3 is 1.00 bits per heavy atom. The third kappa shape index (κ3) is 7.89. The van der Waals surface area contributed by atoms with Gasteiger partial charge in [-0.25, -0.2) is 4.98 Å². The van der Waals surface area contributed by atoms with Crippen LogP contribution in [0.15, 0.2) is 297 Å². The molecular formula is C95H67N5. The number of benzene rings is 14. The van der Waals surface area contributed by atoms with Gasteiger partial charge in [0.15, 0.2) is 0 Å². The van der Waals surface area contributed by atoms with Crippen molar-refractivity contribution in [3.63, 3.8) is 0 Å². The van der Waals surface area contributed by atoms with Crippen LogP contribution in [0, 0.1) is 0 Å². The second kappa shape index (κ2) is 20.5. The fourth-order valence-electron chi connectivity index (χ4n) is 18.3. The maximum Gasteiger partial charge on any atom is 0.237 e. The molecule has 0 fully saturated rings. The van der Waals surface area contributed by atoms with E-state index >= 15 is 0 Å². The van der Waals surface area contributed by atoms with Crippen LogP contribution in [0.1, 0.15) is 74.9 Å². The number of aromatic nitrogens is 5. The van der Waals surface area contributed by atoms with Gasteiger partial charge in [-0.1, -0.05) is 272 Å². The molecule has 0 atom stereocenters. The van der Waals surface area contributed by atoms with Gasteiger partial charge >= 0.3 is 0 Å². The van der Waals surface area contributed by atoms with E-state index in [9.17, 15) is 0 Å². The lowest BCUT2D eigenvalue weighted by Gasteiger charge is -2.22. The van der Waals surface area contributed by atoms with E-state index in [1.165, 1.54) is 99.8 Å². The minimum absolute atomic E-state index is 0.114. The molecule has 0 radical (unpaired) electrons. The van der Waals surface area contributed by atoms with E-state index in [0.717, 1.165) is 99.3 Å². The highest BCUT2D eigenvalue weighted by molar-refractivity contribution is 6.14. The molecule has 0 N–H and O–H groups in total. The van der Waals surface area contributed by atoms with Crippen molar-refractivity contribution < 1.29 is 0 Å². The molecule has 100 heavy (non-hydrogen) atoms. The van der Waals surface area contributed by atoms with Crippen molar-refractivity contribution in [3.8, 4) is 95.5 Å². The van der Waals surface area contributed by atoms with Gasteiger partial charge in [-0.05, 0) is 166 Å². The van der Waals surface area contributed by atoms with E-state index in [-0.39, 0.29) is 16.2 Å². The Bertz CT molecular complexity index is 6390. The number of fused-ring (bicyclic) bond motifs is 19. The highest BCUT2D eigenvalue weighted by Crippen LogP contribution is 2.54. The summed E-state index contributed by atoms with van der Waals surface area (Å²) in [6.07, 6.45) is 0. The first kappa shape index (κ1) is 56.9. The Balaban J connectivity index is 0.784. The first-order valence-corrected chi connectivity index (χ1v) is 35.1. The van der Waals surface area contributed by atoms with Gasteiger partial charge in [-0.2, -0.15) is 4.98 Å². The van der Waals surface area contributed by atoms with Gasteiger partial charge < -0.3 is 4.57 Å². The van der Waals surface area contributed by atoms with E-state index in [0.29, 0.717) is 5.95 Å². The average Bonchev–Trinajstić information content (AvgIpc) is 1.57. The lowest BCUT2D eigenvalue weighted by atomic mass is 9.81. The van der Waals surface area contributed by atoms with Gasteiger partial charge in [0.2, 0.25) is 5.95 Å². The van der Waals surface area contributed by atoms with Gasteiger partial charge in [0.25, 0.3) is 0 Å². The quantitative estimate of drug-likeness (QED) is 0.160. The van der Waals surface area contributed by atoms with Gasteiger partial charge in [-0.3, -0.25) is 9.13 Å². The highest BCUT2D eigenvalue weighted by Gasteiger charge is 2.38. The van der Waals surface area contributed by atoms with Crippen LogP contribution in [0.5, 0.6) is 0 Å². The predicted octanol–water partition coefficient (Wildman–Crippen LogP) is 24.5. The average molecular weight is 1280 g/mol. The van der Waals surface area contributed by atoms with Crippen molar-refractivity contribution in [1.82, 2.24) is 23.7 Å². The van der Waals surface area contributed by atoms with Crippen molar-refractivity contribution in [2.24, 2.45) is 0 Å². The van der Waals surface area contributed by atoms with E-state index in [2.05, 4.69) is 352 Å². The first-order valence-electron chi connectivity index (χ1n) is 35.1. The molecular weight excluding hydrogens is 1210 g/mol. The first-order chi connectivity index (χ1) is 48.8. The summed E-state index contributed by atoms with van der Waals surface area (Å²) in [5, 5.41) is 9.24. The minimum atomic E-state index is -0.145. The van der Waals surface area contributed by atoms with Crippen molar-refractivity contribution in [3.05, 3.63) is 331 Å². The molecule has 0 saturated heterocycles. The molecule has 0 aliphatic heterocycles. The zero-order valence-electron chi connectivity index (χ0n) is 56.5. The van der Waals surface area contributed by atoms with Crippen LogP contribution in [0.2, 0.25) is 0 Å². The molecule has 0 amide bonds. The molecule has 0 unspecified atom stereocenters. The van der Waals surface area contributed by atoms with Gasteiger partial charge in [0, 0.05) is 65.6 Å². The van der Waals surface area contributed by atoms with E-state index < -0.39 is 0 Å². The molecule has 3 aliphatic carbocycles. The summed E-state index contributed by atoms with van der Waals surface area (Å²) in [7, 11) is 0. The van der Waals surface area contributed by atoms with Crippen LogP contribution in [0.25, 0.3) is 172 Å². The largest absolute Gasteiger partial charge is 0.309 e. The van der Waals surface area contributed by atoms with Crippen LogP contribution in [-0.2, 0) is 16.2 Å². The van der Waals surface area contributed by atoms with Gasteiger partial charge in [0.05, 0.1) is 44.5 Å². The second-order valence-corrected chi connectivity index (χ2v) is 29.6. The Morgan fingerprint density at radius 2 is 0.540 bits per heavy atom. The Morgan fingerprint density at radius 1 is 0.220 bits per heavy atom. The van der Waals surface area contributed by atoms with Crippen LogP contribution in [0.3, 0.4) is 0 Å². The third-order valence-electron chi connectivity index (χ3n) is 23.3. The fraction of sp³-hybridized carbons (Fsp3) is 0.0947. The minimum Gasteiger partial charge on any atom is -0.309 e. The summed E-state index contributed by atoms with van der Waals surface area (Å²) in [5.74, 6) is 1.36. The third-order valence-corrected chi connectivity index (χ3v) is 23.3. The Labute approximate surface area is 580 Å². The predicted molar refractivity (Wildman–Crippen MR) is 417 cm³/mol. The van der Waals surface area contributed by atoms with E-state index in [1.54, 1.807) is 0 Å². The molecule has 3 aliphatic rings. The molecule has 4 aromatic heterocycles. The normalized spacial score (nSPS) is 14.3. The molecule has 5 nitrogen and oxygen atoms in total. The Hall–Kier alpha value is -12.2.